The lowest BCUT2D eigenvalue weighted by Gasteiger charge is -2.11. The number of pyridine rings is 1. The summed E-state index contributed by atoms with van der Waals surface area (Å²) in [4.78, 5) is 30.1. The number of hydrogen-bond donors (Lipinski definition) is 0. The zero-order valence-electron chi connectivity index (χ0n) is 20.7. The Morgan fingerprint density at radius 2 is 1.05 bits per heavy atom. The van der Waals surface area contributed by atoms with Gasteiger partial charge in [-0.25, -0.2) is 14.6 Å². The standard InChI is InChI=1S/C33H25NO4/c1-3-22-11-15-24(16-12-22)32(35)37-20-28-9-5-7-26-19-27-8-6-10-29(31(27)34-30(26)28)21-38-33(36)25-17-13-23(4-2)14-18-25/h3-19H,1-2,20-21H2. The van der Waals surface area contributed by atoms with Crippen LogP contribution in [0.4, 0.5) is 0 Å². The van der Waals surface area contributed by atoms with E-state index in [1.165, 1.54) is 0 Å². The van der Waals surface area contributed by atoms with Crippen LogP contribution in [-0.2, 0) is 22.7 Å². The quantitative estimate of drug-likeness (QED) is 0.165. The van der Waals surface area contributed by atoms with E-state index in [0.29, 0.717) is 11.1 Å². The number of rotatable bonds is 8. The van der Waals surface area contributed by atoms with Crippen molar-refractivity contribution >= 4 is 45.9 Å². The third kappa shape index (κ3) is 5.22. The fourth-order valence-electron chi connectivity index (χ4n) is 4.20. The second kappa shape index (κ2) is 10.9. The van der Waals surface area contributed by atoms with Crippen molar-refractivity contribution in [3.8, 4) is 0 Å². The normalized spacial score (nSPS) is 10.7. The molecular formula is C33H25NO4. The van der Waals surface area contributed by atoms with Crippen molar-refractivity contribution in [2.75, 3.05) is 0 Å². The molecule has 0 saturated heterocycles. The summed E-state index contributed by atoms with van der Waals surface area (Å²) < 4.78 is 11.2. The van der Waals surface area contributed by atoms with Gasteiger partial charge < -0.3 is 9.47 Å². The number of hydrogen-bond acceptors (Lipinski definition) is 5. The van der Waals surface area contributed by atoms with E-state index >= 15 is 0 Å². The summed E-state index contributed by atoms with van der Waals surface area (Å²) in [6, 6.07) is 27.8. The molecule has 5 rings (SSSR count). The van der Waals surface area contributed by atoms with Gasteiger partial charge in [0.2, 0.25) is 0 Å². The van der Waals surface area contributed by atoms with Crippen LogP contribution >= 0.6 is 0 Å². The van der Waals surface area contributed by atoms with Crippen LogP contribution < -0.4 is 0 Å². The Bertz CT molecular complexity index is 1550. The van der Waals surface area contributed by atoms with E-state index in [1.807, 2.05) is 66.7 Å². The van der Waals surface area contributed by atoms with Gasteiger partial charge in [-0.15, -0.1) is 0 Å². The van der Waals surface area contributed by atoms with Crippen molar-refractivity contribution < 1.29 is 19.1 Å². The van der Waals surface area contributed by atoms with Crippen LogP contribution in [0.5, 0.6) is 0 Å². The van der Waals surface area contributed by atoms with Crippen LogP contribution in [0.2, 0.25) is 0 Å². The second-order valence-corrected chi connectivity index (χ2v) is 8.77. The first kappa shape index (κ1) is 24.7. The Morgan fingerprint density at radius 1 is 0.632 bits per heavy atom. The number of benzene rings is 4. The molecule has 4 aromatic carbocycles. The van der Waals surface area contributed by atoms with E-state index in [-0.39, 0.29) is 13.2 Å². The molecule has 0 unspecified atom stereocenters. The molecule has 0 aliphatic heterocycles. The zero-order chi connectivity index (χ0) is 26.5. The minimum Gasteiger partial charge on any atom is -0.457 e. The molecule has 186 valence electrons. The van der Waals surface area contributed by atoms with Crippen molar-refractivity contribution in [2.24, 2.45) is 0 Å². The highest BCUT2D eigenvalue weighted by atomic mass is 16.5. The van der Waals surface area contributed by atoms with E-state index in [1.54, 1.807) is 36.4 Å². The number of para-hydroxylation sites is 2. The topological polar surface area (TPSA) is 65.5 Å². The molecule has 0 N–H and O–H groups in total. The first-order chi connectivity index (χ1) is 18.6. The molecule has 1 heterocycles. The number of aromatic nitrogens is 1. The fourth-order valence-corrected chi connectivity index (χ4v) is 4.20. The number of carbonyl (C=O) groups is 2. The first-order valence-electron chi connectivity index (χ1n) is 12.2. The number of esters is 2. The molecule has 1 aromatic heterocycles. The molecule has 38 heavy (non-hydrogen) atoms. The van der Waals surface area contributed by atoms with E-state index in [4.69, 9.17) is 14.5 Å². The second-order valence-electron chi connectivity index (χ2n) is 8.77. The molecule has 0 spiro atoms. The minimum atomic E-state index is -0.410. The summed E-state index contributed by atoms with van der Waals surface area (Å²) in [6.07, 6.45) is 3.44. The Labute approximate surface area is 220 Å². The van der Waals surface area contributed by atoms with Gasteiger partial charge in [-0.3, -0.25) is 0 Å². The third-order valence-corrected chi connectivity index (χ3v) is 6.32. The van der Waals surface area contributed by atoms with Gasteiger partial charge in [-0.1, -0.05) is 86.0 Å². The maximum Gasteiger partial charge on any atom is 0.338 e. The molecule has 0 fully saturated rings. The highest BCUT2D eigenvalue weighted by Crippen LogP contribution is 2.26. The van der Waals surface area contributed by atoms with E-state index < -0.39 is 11.9 Å². The van der Waals surface area contributed by atoms with Gasteiger partial charge in [0, 0.05) is 21.9 Å². The maximum atomic E-state index is 12.6. The molecule has 5 aromatic rings. The lowest BCUT2D eigenvalue weighted by Crippen LogP contribution is -2.06. The van der Waals surface area contributed by atoms with Gasteiger partial charge in [0.05, 0.1) is 22.2 Å². The molecule has 0 radical (unpaired) electrons. The van der Waals surface area contributed by atoms with Crippen LogP contribution in [-0.4, -0.2) is 16.9 Å². The van der Waals surface area contributed by atoms with Crippen LogP contribution in [0, 0.1) is 0 Å². The van der Waals surface area contributed by atoms with E-state index in [2.05, 4.69) is 13.2 Å². The van der Waals surface area contributed by atoms with Crippen molar-refractivity contribution in [1.29, 1.82) is 0 Å². The molecule has 0 atom stereocenters. The average Bonchev–Trinajstić information content (AvgIpc) is 2.97. The molecule has 0 aliphatic rings. The smallest absolute Gasteiger partial charge is 0.338 e. The highest BCUT2D eigenvalue weighted by molar-refractivity contribution is 5.96. The van der Waals surface area contributed by atoms with Crippen LogP contribution in [0.3, 0.4) is 0 Å². The van der Waals surface area contributed by atoms with Gasteiger partial charge in [0.1, 0.15) is 13.2 Å². The van der Waals surface area contributed by atoms with Gasteiger partial charge in [0.25, 0.3) is 0 Å². The fraction of sp³-hybridized carbons (Fsp3) is 0.0606. The molecule has 0 aliphatic carbocycles. The zero-order valence-corrected chi connectivity index (χ0v) is 20.7. The summed E-state index contributed by atoms with van der Waals surface area (Å²) in [5.74, 6) is -0.820. The lowest BCUT2D eigenvalue weighted by molar-refractivity contribution is 0.0466. The summed E-state index contributed by atoms with van der Waals surface area (Å²) in [6.45, 7) is 7.61. The summed E-state index contributed by atoms with van der Waals surface area (Å²) >= 11 is 0. The number of nitrogens with zero attached hydrogens (tertiary/aromatic N) is 1. The molecule has 0 amide bonds. The van der Waals surface area contributed by atoms with E-state index in [0.717, 1.165) is 44.1 Å². The molecule has 0 bridgehead atoms. The van der Waals surface area contributed by atoms with Crippen molar-refractivity contribution in [3.63, 3.8) is 0 Å². The lowest BCUT2D eigenvalue weighted by atomic mass is 10.0. The molecule has 5 nitrogen and oxygen atoms in total. The molecular weight excluding hydrogens is 474 g/mol. The molecule has 0 saturated carbocycles. The minimum absolute atomic E-state index is 0.0791. The number of carbonyl (C=O) groups excluding carboxylic acids is 2. The summed E-state index contributed by atoms with van der Waals surface area (Å²) in [5.41, 5.74) is 5.83. The van der Waals surface area contributed by atoms with Gasteiger partial charge in [-0.2, -0.15) is 0 Å². The predicted octanol–water partition coefficient (Wildman–Crippen LogP) is 7.39. The van der Waals surface area contributed by atoms with Crippen molar-refractivity contribution in [1.82, 2.24) is 4.98 Å². The Balaban J connectivity index is 1.38. The monoisotopic (exact) mass is 499 g/mol. The highest BCUT2D eigenvalue weighted by Gasteiger charge is 2.13. The van der Waals surface area contributed by atoms with Gasteiger partial charge >= 0.3 is 11.9 Å². The van der Waals surface area contributed by atoms with Gasteiger partial charge in [-0.05, 0) is 41.5 Å². The van der Waals surface area contributed by atoms with Crippen LogP contribution in [0.15, 0.2) is 104 Å². The first-order valence-corrected chi connectivity index (χ1v) is 12.2. The number of ether oxygens (including phenoxy) is 2. The predicted molar refractivity (Wildman–Crippen MR) is 151 cm³/mol. The van der Waals surface area contributed by atoms with Crippen LogP contribution in [0.25, 0.3) is 34.0 Å². The van der Waals surface area contributed by atoms with E-state index in [9.17, 15) is 9.59 Å². The molecule has 5 heteroatoms. The maximum absolute atomic E-state index is 12.6. The Hall–Kier alpha value is -5.03. The largest absolute Gasteiger partial charge is 0.457 e. The SMILES string of the molecule is C=Cc1ccc(C(=O)OCc2cccc3cc4cccc(COC(=O)c5ccc(C=C)cc5)c4nc23)cc1. The third-order valence-electron chi connectivity index (χ3n) is 6.32. The van der Waals surface area contributed by atoms with Crippen molar-refractivity contribution in [3.05, 3.63) is 138 Å². The Kier molecular flexibility index (Phi) is 7.09. The Morgan fingerprint density at radius 3 is 1.45 bits per heavy atom. The van der Waals surface area contributed by atoms with Crippen molar-refractivity contribution in [2.45, 2.75) is 13.2 Å². The van der Waals surface area contributed by atoms with Crippen LogP contribution in [0.1, 0.15) is 43.0 Å². The average molecular weight is 500 g/mol. The summed E-state index contributed by atoms with van der Waals surface area (Å²) in [7, 11) is 0. The van der Waals surface area contributed by atoms with Gasteiger partial charge in [0.15, 0.2) is 0 Å². The number of fused-ring (bicyclic) bond motifs is 2. The summed E-state index contributed by atoms with van der Waals surface area (Å²) in [5, 5.41) is 1.86.